The van der Waals surface area contributed by atoms with Gasteiger partial charge in [-0.1, -0.05) is 0 Å². The molecule has 2 saturated heterocycles. The topological polar surface area (TPSA) is 86.8 Å². The number of cyclic esters (lactones) is 2. The molecule has 2 aliphatic rings. The van der Waals surface area contributed by atoms with Crippen molar-refractivity contribution in [1.82, 2.24) is 4.98 Å². The summed E-state index contributed by atoms with van der Waals surface area (Å²) >= 11 is 1.42. The summed E-state index contributed by atoms with van der Waals surface area (Å²) in [6.07, 6.45) is 0.311. The van der Waals surface area contributed by atoms with Gasteiger partial charge in [-0.3, -0.25) is 9.59 Å². The molecule has 3 heterocycles. The van der Waals surface area contributed by atoms with E-state index in [1.165, 1.54) is 11.3 Å². The lowest BCUT2D eigenvalue weighted by Gasteiger charge is -2.20. The minimum atomic E-state index is -1.21. The highest BCUT2D eigenvalue weighted by Gasteiger charge is 2.65. The Morgan fingerprint density at radius 3 is 2.68 bits per heavy atom. The molecule has 3 atom stereocenters. The zero-order chi connectivity index (χ0) is 19.9. The predicted molar refractivity (Wildman–Crippen MR) is 104 cm³/mol. The molecule has 1 N–H and O–H groups in total. The third-order valence-electron chi connectivity index (χ3n) is 5.15. The molecule has 4 rings (SSSR count). The fourth-order valence-electron chi connectivity index (χ4n) is 3.85. The average Bonchev–Trinajstić information content (AvgIpc) is 3.29. The number of aromatic nitrogens is 1. The van der Waals surface area contributed by atoms with Crippen molar-refractivity contribution in [3.63, 3.8) is 0 Å². The maximum Gasteiger partial charge on any atom is 0.324 e. The molecule has 7 nitrogen and oxygen atoms in total. The van der Waals surface area contributed by atoms with Crippen molar-refractivity contribution in [1.29, 1.82) is 0 Å². The first kappa shape index (κ1) is 18.7. The van der Waals surface area contributed by atoms with Crippen LogP contribution in [0.15, 0.2) is 29.6 Å². The Labute approximate surface area is 167 Å². The van der Waals surface area contributed by atoms with Crippen molar-refractivity contribution in [3.8, 4) is 5.75 Å². The third kappa shape index (κ3) is 3.11. The van der Waals surface area contributed by atoms with Crippen LogP contribution in [-0.2, 0) is 24.7 Å². The molecule has 1 aromatic carbocycles. The van der Waals surface area contributed by atoms with Crippen molar-refractivity contribution >= 4 is 34.1 Å². The van der Waals surface area contributed by atoms with Crippen molar-refractivity contribution in [3.05, 3.63) is 35.3 Å². The maximum atomic E-state index is 12.6. The molecule has 1 spiro atoms. The number of carbonyl (C=O) groups excluding carboxylic acids is 2. The number of hydrogen-bond donors (Lipinski definition) is 1. The van der Waals surface area contributed by atoms with E-state index >= 15 is 0 Å². The Kier molecular flexibility index (Phi) is 4.53. The van der Waals surface area contributed by atoms with Crippen molar-refractivity contribution in [2.45, 2.75) is 45.3 Å². The second-order valence-electron chi connectivity index (χ2n) is 7.42. The fraction of sp³-hybridized carbons (Fsp3) is 0.450. The molecule has 0 unspecified atom stereocenters. The summed E-state index contributed by atoms with van der Waals surface area (Å²) in [6.45, 7) is 6.15. The fourth-order valence-corrected chi connectivity index (χ4v) is 4.70. The van der Waals surface area contributed by atoms with Crippen LogP contribution in [-0.4, -0.2) is 29.6 Å². The lowest BCUT2D eigenvalue weighted by atomic mass is 9.78. The Bertz CT molecular complexity index is 912. The number of anilines is 2. The summed E-state index contributed by atoms with van der Waals surface area (Å²) in [4.78, 5) is 29.4. The van der Waals surface area contributed by atoms with Gasteiger partial charge in [-0.05, 0) is 45.0 Å². The Morgan fingerprint density at radius 2 is 2.04 bits per heavy atom. The van der Waals surface area contributed by atoms with E-state index in [-0.39, 0.29) is 12.5 Å². The van der Waals surface area contributed by atoms with Crippen LogP contribution in [0.25, 0.3) is 0 Å². The lowest BCUT2D eigenvalue weighted by molar-refractivity contribution is -0.160. The monoisotopic (exact) mass is 402 g/mol. The van der Waals surface area contributed by atoms with E-state index < -0.39 is 23.0 Å². The van der Waals surface area contributed by atoms with Crippen LogP contribution in [0, 0.1) is 5.41 Å². The number of carbonyl (C=O) groups is 2. The van der Waals surface area contributed by atoms with Crippen molar-refractivity contribution in [2.24, 2.45) is 5.41 Å². The maximum absolute atomic E-state index is 12.6. The first-order valence-corrected chi connectivity index (χ1v) is 10.1. The number of thiazole rings is 1. The van der Waals surface area contributed by atoms with Gasteiger partial charge in [0.2, 0.25) is 0 Å². The van der Waals surface area contributed by atoms with Gasteiger partial charge in [0.05, 0.1) is 12.3 Å². The Morgan fingerprint density at radius 1 is 1.29 bits per heavy atom. The minimum Gasteiger partial charge on any atom is -0.494 e. The second-order valence-corrected chi connectivity index (χ2v) is 8.28. The number of benzene rings is 1. The number of rotatable bonds is 5. The number of ether oxygens (including phenoxy) is 3. The van der Waals surface area contributed by atoms with Gasteiger partial charge in [-0.25, -0.2) is 4.98 Å². The molecule has 0 radical (unpaired) electrons. The van der Waals surface area contributed by atoms with Gasteiger partial charge in [0, 0.05) is 23.9 Å². The normalized spacial score (nSPS) is 29.0. The molecular formula is C20H22N2O5S. The summed E-state index contributed by atoms with van der Waals surface area (Å²) < 4.78 is 16.3. The highest BCUT2D eigenvalue weighted by Crippen LogP contribution is 2.52. The van der Waals surface area contributed by atoms with E-state index in [4.69, 9.17) is 14.2 Å². The predicted octanol–water partition coefficient (Wildman–Crippen LogP) is 3.77. The Hall–Kier alpha value is -2.61. The molecule has 2 aromatic rings. The van der Waals surface area contributed by atoms with Gasteiger partial charge in [0.15, 0.2) is 16.1 Å². The van der Waals surface area contributed by atoms with E-state index in [2.05, 4.69) is 10.3 Å². The number of nitrogens with one attached hydrogen (secondary N) is 1. The van der Waals surface area contributed by atoms with E-state index in [9.17, 15) is 9.59 Å². The van der Waals surface area contributed by atoms with Crippen molar-refractivity contribution in [2.75, 3.05) is 11.9 Å². The van der Waals surface area contributed by atoms with Crippen LogP contribution < -0.4 is 10.1 Å². The smallest absolute Gasteiger partial charge is 0.324 e. The van der Waals surface area contributed by atoms with Crippen LogP contribution in [0.3, 0.4) is 0 Å². The molecule has 2 fully saturated rings. The SMILES string of the molecule is CCOc1ccc(Nc2nc([C@@]3(C)C[C@]4(C[C@@H](C)OC4=O)C(=O)O3)cs2)cc1. The first-order valence-electron chi connectivity index (χ1n) is 9.25. The van der Waals surface area contributed by atoms with Crippen LogP contribution in [0.5, 0.6) is 5.75 Å². The molecule has 1 aromatic heterocycles. The lowest BCUT2D eigenvalue weighted by Crippen LogP contribution is -2.31. The minimum absolute atomic E-state index is 0.244. The van der Waals surface area contributed by atoms with Gasteiger partial charge in [-0.2, -0.15) is 0 Å². The largest absolute Gasteiger partial charge is 0.494 e. The van der Waals surface area contributed by atoms with Gasteiger partial charge in [0.1, 0.15) is 11.9 Å². The second kappa shape index (κ2) is 6.77. The number of esters is 2. The Balaban J connectivity index is 1.51. The summed E-state index contributed by atoms with van der Waals surface area (Å²) in [5.74, 6) is -0.198. The van der Waals surface area contributed by atoms with E-state index in [1.807, 2.05) is 36.6 Å². The standard InChI is InChI=1S/C20H22N2O5S/c1-4-25-14-7-5-13(6-8-14)21-18-22-15(10-28-18)19(3)11-20(17(24)27-19)9-12(2)26-16(20)23/h5-8,10,12H,4,9,11H2,1-3H3,(H,21,22)/t12-,19-,20+/m1/s1. The van der Waals surface area contributed by atoms with E-state index in [1.54, 1.807) is 13.8 Å². The average molecular weight is 402 g/mol. The number of hydrogen-bond acceptors (Lipinski definition) is 8. The van der Waals surface area contributed by atoms with Gasteiger partial charge in [0.25, 0.3) is 0 Å². The zero-order valence-corrected chi connectivity index (χ0v) is 16.8. The quantitative estimate of drug-likeness (QED) is 0.602. The third-order valence-corrected chi connectivity index (χ3v) is 5.90. The molecular weight excluding hydrogens is 380 g/mol. The van der Waals surface area contributed by atoms with Crippen LogP contribution in [0.4, 0.5) is 10.8 Å². The van der Waals surface area contributed by atoms with E-state index in [0.29, 0.717) is 23.9 Å². The van der Waals surface area contributed by atoms with Crippen LogP contribution >= 0.6 is 11.3 Å². The number of nitrogens with zero attached hydrogens (tertiary/aromatic N) is 1. The van der Waals surface area contributed by atoms with Crippen LogP contribution in [0.1, 0.15) is 39.3 Å². The molecule has 8 heteroatoms. The summed E-state index contributed by atoms with van der Waals surface area (Å²) in [7, 11) is 0. The highest BCUT2D eigenvalue weighted by molar-refractivity contribution is 7.13. The molecule has 0 saturated carbocycles. The highest BCUT2D eigenvalue weighted by atomic mass is 32.1. The summed E-state index contributed by atoms with van der Waals surface area (Å²) in [5, 5.41) is 5.78. The van der Waals surface area contributed by atoms with Gasteiger partial charge >= 0.3 is 11.9 Å². The molecule has 0 amide bonds. The van der Waals surface area contributed by atoms with Crippen LogP contribution in [0.2, 0.25) is 0 Å². The molecule has 2 aliphatic heterocycles. The molecule has 28 heavy (non-hydrogen) atoms. The summed E-state index contributed by atoms with van der Waals surface area (Å²) in [6, 6.07) is 7.59. The molecule has 0 bridgehead atoms. The summed E-state index contributed by atoms with van der Waals surface area (Å²) in [5.41, 5.74) is -0.651. The molecule has 148 valence electrons. The van der Waals surface area contributed by atoms with Crippen molar-refractivity contribution < 1.29 is 23.8 Å². The van der Waals surface area contributed by atoms with Gasteiger partial charge in [-0.15, -0.1) is 11.3 Å². The molecule has 0 aliphatic carbocycles. The van der Waals surface area contributed by atoms with Gasteiger partial charge < -0.3 is 19.5 Å². The zero-order valence-electron chi connectivity index (χ0n) is 16.0. The first-order chi connectivity index (χ1) is 13.3. The van der Waals surface area contributed by atoms with E-state index in [0.717, 1.165) is 11.4 Å².